The maximum absolute atomic E-state index is 9.47. The number of pyridine rings is 1. The number of hydrogen-bond acceptors (Lipinski definition) is 3. The fraction of sp³-hybridized carbons (Fsp3) is 0.643. The maximum atomic E-state index is 9.47. The van der Waals surface area contributed by atoms with Crippen LogP contribution in [0.3, 0.4) is 0 Å². The number of hydrogen-bond donors (Lipinski definition) is 1. The van der Waals surface area contributed by atoms with Crippen LogP contribution in [0.5, 0.6) is 0 Å². The third-order valence-corrected chi connectivity index (χ3v) is 3.25. The van der Waals surface area contributed by atoms with Crippen LogP contribution in [0, 0.1) is 0 Å². The van der Waals surface area contributed by atoms with Crippen molar-refractivity contribution in [3.63, 3.8) is 0 Å². The zero-order chi connectivity index (χ0) is 12.5. The zero-order valence-electron chi connectivity index (χ0n) is 11.0. The van der Waals surface area contributed by atoms with Crippen LogP contribution in [-0.4, -0.2) is 34.2 Å². The number of aromatic nitrogens is 1. The summed E-state index contributed by atoms with van der Waals surface area (Å²) in [5.74, 6) is 0. The molecule has 2 rings (SSSR count). The quantitative estimate of drug-likeness (QED) is 0.849. The van der Waals surface area contributed by atoms with Crippen molar-refractivity contribution in [3.05, 3.63) is 29.6 Å². The van der Waals surface area contributed by atoms with E-state index >= 15 is 0 Å². The van der Waals surface area contributed by atoms with Crippen LogP contribution >= 0.6 is 0 Å². The van der Waals surface area contributed by atoms with E-state index in [-0.39, 0.29) is 11.5 Å². The Kier molecular flexibility index (Phi) is 3.50. The van der Waals surface area contributed by atoms with Crippen molar-refractivity contribution in [1.82, 2.24) is 9.88 Å². The second-order valence-corrected chi connectivity index (χ2v) is 5.98. The van der Waals surface area contributed by atoms with Gasteiger partial charge in [-0.05, 0) is 18.1 Å². The highest BCUT2D eigenvalue weighted by atomic mass is 16.3. The van der Waals surface area contributed by atoms with E-state index < -0.39 is 0 Å². The second-order valence-electron chi connectivity index (χ2n) is 5.98. The molecule has 0 radical (unpaired) electrons. The van der Waals surface area contributed by atoms with Gasteiger partial charge in [0.25, 0.3) is 0 Å². The van der Waals surface area contributed by atoms with Crippen LogP contribution in [0.2, 0.25) is 0 Å². The summed E-state index contributed by atoms with van der Waals surface area (Å²) in [6.45, 7) is 9.20. The smallest absolute Gasteiger partial charge is 0.0679 e. The van der Waals surface area contributed by atoms with E-state index in [9.17, 15) is 5.11 Å². The highest BCUT2D eigenvalue weighted by Gasteiger charge is 2.20. The monoisotopic (exact) mass is 234 g/mol. The first-order chi connectivity index (χ1) is 7.95. The van der Waals surface area contributed by atoms with Crippen molar-refractivity contribution >= 4 is 0 Å². The summed E-state index contributed by atoms with van der Waals surface area (Å²) in [6, 6.07) is 4.26. The van der Waals surface area contributed by atoms with Crippen molar-refractivity contribution < 1.29 is 5.11 Å². The Hall–Kier alpha value is -0.930. The summed E-state index contributed by atoms with van der Waals surface area (Å²) in [6.07, 6.45) is 2.72. The van der Waals surface area contributed by atoms with Gasteiger partial charge >= 0.3 is 0 Å². The lowest BCUT2D eigenvalue weighted by molar-refractivity contribution is 0.174. The Bertz CT molecular complexity index is 367. The fourth-order valence-electron chi connectivity index (χ4n) is 2.18. The molecule has 2 heterocycles. The van der Waals surface area contributed by atoms with E-state index in [1.54, 1.807) is 0 Å². The Morgan fingerprint density at radius 1 is 1.41 bits per heavy atom. The van der Waals surface area contributed by atoms with Gasteiger partial charge in [0.1, 0.15) is 0 Å². The lowest BCUT2D eigenvalue weighted by atomic mass is 9.91. The van der Waals surface area contributed by atoms with E-state index in [2.05, 4.69) is 42.8 Å². The van der Waals surface area contributed by atoms with Crippen LogP contribution in [0.25, 0.3) is 0 Å². The standard InChI is InChI=1S/C14H22N2O/c1-14(2,3)13-5-4-11(8-15-13)9-16-7-6-12(17)10-16/h4-5,8,12,17H,6-7,9-10H2,1-3H3. The summed E-state index contributed by atoms with van der Waals surface area (Å²) in [5.41, 5.74) is 2.47. The number of likely N-dealkylation sites (tertiary alicyclic amines) is 1. The predicted molar refractivity (Wildman–Crippen MR) is 68.8 cm³/mol. The van der Waals surface area contributed by atoms with Crippen LogP contribution in [0.1, 0.15) is 38.4 Å². The molecule has 1 aliphatic rings. The van der Waals surface area contributed by atoms with Gasteiger partial charge in [-0.2, -0.15) is 0 Å². The molecule has 1 unspecified atom stereocenters. The van der Waals surface area contributed by atoms with Crippen LogP contribution in [0.4, 0.5) is 0 Å². The average Bonchev–Trinajstić information content (AvgIpc) is 2.63. The van der Waals surface area contributed by atoms with Gasteiger partial charge in [-0.3, -0.25) is 9.88 Å². The molecule has 94 valence electrons. The number of aliphatic hydroxyl groups excluding tert-OH is 1. The molecular weight excluding hydrogens is 212 g/mol. The molecule has 1 fully saturated rings. The minimum absolute atomic E-state index is 0.113. The molecule has 1 atom stereocenters. The molecule has 0 amide bonds. The first-order valence-electron chi connectivity index (χ1n) is 6.31. The third-order valence-electron chi connectivity index (χ3n) is 3.25. The number of β-amino-alcohol motifs (C(OH)–C–C–N with tert-alkyl or cyclic N) is 1. The molecular formula is C14H22N2O. The van der Waals surface area contributed by atoms with E-state index in [0.717, 1.165) is 31.7 Å². The van der Waals surface area contributed by atoms with Gasteiger partial charge in [-0.25, -0.2) is 0 Å². The van der Waals surface area contributed by atoms with Crippen molar-refractivity contribution in [2.45, 2.75) is 45.3 Å². The Morgan fingerprint density at radius 2 is 2.18 bits per heavy atom. The van der Waals surface area contributed by atoms with Gasteiger partial charge in [0.05, 0.1) is 6.10 Å². The first-order valence-corrected chi connectivity index (χ1v) is 6.31. The first kappa shape index (κ1) is 12.5. The molecule has 1 aliphatic heterocycles. The van der Waals surface area contributed by atoms with Crippen molar-refractivity contribution in [3.8, 4) is 0 Å². The van der Waals surface area contributed by atoms with Crippen LogP contribution < -0.4 is 0 Å². The lowest BCUT2D eigenvalue weighted by Gasteiger charge is -2.19. The molecule has 1 N–H and O–H groups in total. The number of nitrogens with zero attached hydrogens (tertiary/aromatic N) is 2. The minimum atomic E-state index is -0.142. The zero-order valence-corrected chi connectivity index (χ0v) is 11.0. The van der Waals surface area contributed by atoms with Crippen molar-refractivity contribution in [2.24, 2.45) is 0 Å². The van der Waals surface area contributed by atoms with Crippen LogP contribution in [-0.2, 0) is 12.0 Å². The minimum Gasteiger partial charge on any atom is -0.392 e. The number of aliphatic hydroxyl groups is 1. The number of rotatable bonds is 2. The van der Waals surface area contributed by atoms with Gasteiger partial charge in [-0.1, -0.05) is 26.8 Å². The Morgan fingerprint density at radius 3 is 2.65 bits per heavy atom. The molecule has 3 nitrogen and oxygen atoms in total. The summed E-state index contributed by atoms with van der Waals surface area (Å²) in [5, 5.41) is 9.47. The van der Waals surface area contributed by atoms with Gasteiger partial charge in [-0.15, -0.1) is 0 Å². The average molecular weight is 234 g/mol. The fourth-order valence-corrected chi connectivity index (χ4v) is 2.18. The Labute approximate surface area is 103 Å². The molecule has 0 aromatic carbocycles. The van der Waals surface area contributed by atoms with Gasteiger partial charge in [0.2, 0.25) is 0 Å². The second kappa shape index (κ2) is 4.75. The largest absolute Gasteiger partial charge is 0.392 e. The Balaban J connectivity index is 1.99. The lowest BCUT2D eigenvalue weighted by Crippen LogP contribution is -2.22. The highest BCUT2D eigenvalue weighted by Crippen LogP contribution is 2.20. The van der Waals surface area contributed by atoms with Crippen molar-refractivity contribution in [2.75, 3.05) is 13.1 Å². The summed E-state index contributed by atoms with van der Waals surface area (Å²) >= 11 is 0. The van der Waals surface area contributed by atoms with Gasteiger partial charge in [0.15, 0.2) is 0 Å². The summed E-state index contributed by atoms with van der Waals surface area (Å²) < 4.78 is 0. The molecule has 0 bridgehead atoms. The SMILES string of the molecule is CC(C)(C)c1ccc(CN2CCC(O)C2)cn1. The van der Waals surface area contributed by atoms with Gasteiger partial charge < -0.3 is 5.11 Å². The molecule has 1 aromatic heterocycles. The molecule has 3 heteroatoms. The van der Waals surface area contributed by atoms with E-state index in [0.29, 0.717) is 0 Å². The molecule has 0 spiro atoms. The molecule has 1 saturated heterocycles. The highest BCUT2D eigenvalue weighted by molar-refractivity contribution is 5.19. The van der Waals surface area contributed by atoms with Crippen LogP contribution in [0.15, 0.2) is 18.3 Å². The maximum Gasteiger partial charge on any atom is 0.0679 e. The molecule has 0 saturated carbocycles. The predicted octanol–water partition coefficient (Wildman–Crippen LogP) is 1.95. The van der Waals surface area contributed by atoms with E-state index in [4.69, 9.17) is 0 Å². The molecule has 17 heavy (non-hydrogen) atoms. The van der Waals surface area contributed by atoms with E-state index in [1.165, 1.54) is 5.56 Å². The van der Waals surface area contributed by atoms with E-state index in [1.807, 2.05) is 6.20 Å². The normalized spacial score (nSPS) is 22.0. The molecule has 0 aliphatic carbocycles. The third kappa shape index (κ3) is 3.27. The summed E-state index contributed by atoms with van der Waals surface area (Å²) in [4.78, 5) is 6.80. The van der Waals surface area contributed by atoms with Crippen molar-refractivity contribution in [1.29, 1.82) is 0 Å². The molecule has 1 aromatic rings. The van der Waals surface area contributed by atoms with Gasteiger partial charge in [0, 0.05) is 36.9 Å². The summed E-state index contributed by atoms with van der Waals surface area (Å²) in [7, 11) is 0. The topological polar surface area (TPSA) is 36.4 Å².